The molecule has 0 saturated heterocycles. The number of ether oxygens (including phenoxy) is 1. The maximum absolute atomic E-state index is 13.1. The van der Waals surface area contributed by atoms with Crippen molar-refractivity contribution < 1.29 is 13.5 Å². The zero-order chi connectivity index (χ0) is 10.6. The van der Waals surface area contributed by atoms with Gasteiger partial charge in [-0.15, -0.1) is 0 Å². The molecule has 0 spiro atoms. The van der Waals surface area contributed by atoms with Crippen LogP contribution in [0.15, 0.2) is 18.4 Å². The van der Waals surface area contributed by atoms with Crippen LogP contribution in [-0.2, 0) is 4.74 Å². The number of nitrogens with zero attached hydrogens (tertiary/aromatic N) is 1. The summed E-state index contributed by atoms with van der Waals surface area (Å²) in [5.74, 6) is -1.57. The number of nitriles is 1. The van der Waals surface area contributed by atoms with E-state index >= 15 is 0 Å². The molecule has 0 atom stereocenters. The molecule has 0 aromatic heterocycles. The van der Waals surface area contributed by atoms with Gasteiger partial charge in [0.1, 0.15) is 11.6 Å². The molecule has 1 aromatic rings. The Bertz CT molecular complexity index is 384. The molecule has 0 aliphatic carbocycles. The van der Waals surface area contributed by atoms with Gasteiger partial charge in [0.15, 0.2) is 0 Å². The first-order valence-electron chi connectivity index (χ1n) is 3.77. The predicted octanol–water partition coefficient (Wildman–Crippen LogP) is 2.45. The lowest BCUT2D eigenvalue weighted by Gasteiger charge is -1.99. The summed E-state index contributed by atoms with van der Waals surface area (Å²) in [6.07, 6.45) is 2.32. The van der Waals surface area contributed by atoms with Gasteiger partial charge in [-0.25, -0.2) is 8.78 Å². The van der Waals surface area contributed by atoms with Crippen molar-refractivity contribution >= 4 is 6.08 Å². The highest BCUT2D eigenvalue weighted by molar-refractivity contribution is 5.52. The van der Waals surface area contributed by atoms with Crippen molar-refractivity contribution in [2.45, 2.75) is 0 Å². The molecule has 0 fully saturated rings. The molecule has 0 aliphatic heterocycles. The van der Waals surface area contributed by atoms with Crippen LogP contribution >= 0.6 is 0 Å². The van der Waals surface area contributed by atoms with Gasteiger partial charge in [0.05, 0.1) is 25.0 Å². The molecular formula is C10H7F2NO. The Kier molecular flexibility index (Phi) is 3.19. The van der Waals surface area contributed by atoms with Gasteiger partial charge in [0.25, 0.3) is 0 Å². The van der Waals surface area contributed by atoms with Crippen LogP contribution < -0.4 is 0 Å². The molecule has 0 bridgehead atoms. The first-order valence-corrected chi connectivity index (χ1v) is 3.77. The Morgan fingerprint density at radius 2 is 1.93 bits per heavy atom. The number of rotatable bonds is 2. The van der Waals surface area contributed by atoms with Crippen LogP contribution in [0.2, 0.25) is 0 Å². The topological polar surface area (TPSA) is 33.0 Å². The van der Waals surface area contributed by atoms with Crippen molar-refractivity contribution in [1.82, 2.24) is 0 Å². The van der Waals surface area contributed by atoms with Crippen LogP contribution in [0.4, 0.5) is 8.78 Å². The van der Waals surface area contributed by atoms with Crippen LogP contribution in [0.3, 0.4) is 0 Å². The molecule has 4 heteroatoms. The van der Waals surface area contributed by atoms with Gasteiger partial charge in [0.2, 0.25) is 0 Å². The first kappa shape index (κ1) is 10.2. The zero-order valence-corrected chi connectivity index (χ0v) is 7.42. The summed E-state index contributed by atoms with van der Waals surface area (Å²) in [4.78, 5) is 0. The van der Waals surface area contributed by atoms with Gasteiger partial charge < -0.3 is 4.74 Å². The average Bonchev–Trinajstić information content (AvgIpc) is 2.16. The minimum Gasteiger partial charge on any atom is -0.504 e. The van der Waals surface area contributed by atoms with Gasteiger partial charge in [-0.1, -0.05) is 0 Å². The Morgan fingerprint density at radius 1 is 1.36 bits per heavy atom. The standard InChI is InChI=1S/C10H7F2NO/c1-14-3-2-8-9(11)4-7(6-13)5-10(8)12/h2-5H,1H3/b3-2+. The molecule has 2 nitrogen and oxygen atoms in total. The van der Waals surface area contributed by atoms with E-state index < -0.39 is 11.6 Å². The summed E-state index contributed by atoms with van der Waals surface area (Å²) in [5, 5.41) is 8.43. The fraction of sp³-hybridized carbons (Fsp3) is 0.100. The van der Waals surface area contributed by atoms with E-state index in [1.165, 1.54) is 7.11 Å². The van der Waals surface area contributed by atoms with Crippen LogP contribution in [0.5, 0.6) is 0 Å². The summed E-state index contributed by atoms with van der Waals surface area (Å²) < 4.78 is 30.8. The third-order valence-electron chi connectivity index (χ3n) is 1.58. The molecule has 0 saturated carbocycles. The Labute approximate surface area is 80.0 Å². The fourth-order valence-electron chi connectivity index (χ4n) is 0.944. The van der Waals surface area contributed by atoms with Crippen molar-refractivity contribution in [3.8, 4) is 6.07 Å². The summed E-state index contributed by atoms with van der Waals surface area (Å²) in [6.45, 7) is 0. The summed E-state index contributed by atoms with van der Waals surface area (Å²) in [6, 6.07) is 3.60. The minimum atomic E-state index is -0.783. The Balaban J connectivity index is 3.20. The molecule has 0 unspecified atom stereocenters. The number of hydrogen-bond donors (Lipinski definition) is 0. The van der Waals surface area contributed by atoms with Crippen molar-refractivity contribution in [3.05, 3.63) is 41.2 Å². The van der Waals surface area contributed by atoms with Gasteiger partial charge in [-0.3, -0.25) is 0 Å². The van der Waals surface area contributed by atoms with Crippen LogP contribution in [-0.4, -0.2) is 7.11 Å². The third-order valence-corrected chi connectivity index (χ3v) is 1.58. The zero-order valence-electron chi connectivity index (χ0n) is 7.42. The Hall–Kier alpha value is -1.89. The average molecular weight is 195 g/mol. The molecule has 0 amide bonds. The van der Waals surface area contributed by atoms with E-state index in [0.717, 1.165) is 24.5 Å². The quantitative estimate of drug-likeness (QED) is 0.679. The molecule has 14 heavy (non-hydrogen) atoms. The second kappa shape index (κ2) is 4.38. The maximum atomic E-state index is 13.1. The fourth-order valence-corrected chi connectivity index (χ4v) is 0.944. The normalized spacial score (nSPS) is 10.1. The second-order valence-electron chi connectivity index (χ2n) is 2.50. The monoisotopic (exact) mass is 195 g/mol. The highest BCUT2D eigenvalue weighted by Crippen LogP contribution is 2.16. The van der Waals surface area contributed by atoms with Crippen molar-refractivity contribution in [2.75, 3.05) is 7.11 Å². The van der Waals surface area contributed by atoms with E-state index in [0.29, 0.717) is 0 Å². The van der Waals surface area contributed by atoms with Crippen molar-refractivity contribution in [1.29, 1.82) is 5.26 Å². The lowest BCUT2D eigenvalue weighted by Crippen LogP contribution is -1.91. The molecule has 1 rings (SSSR count). The predicted molar refractivity (Wildman–Crippen MR) is 47.1 cm³/mol. The summed E-state index contributed by atoms with van der Waals surface area (Å²) in [5.41, 5.74) is -0.264. The summed E-state index contributed by atoms with van der Waals surface area (Å²) >= 11 is 0. The highest BCUT2D eigenvalue weighted by atomic mass is 19.1. The van der Waals surface area contributed by atoms with Gasteiger partial charge in [0, 0.05) is 5.56 Å². The third kappa shape index (κ3) is 2.07. The van der Waals surface area contributed by atoms with E-state index in [4.69, 9.17) is 5.26 Å². The van der Waals surface area contributed by atoms with Gasteiger partial charge in [-0.05, 0) is 18.2 Å². The Morgan fingerprint density at radius 3 is 2.36 bits per heavy atom. The van der Waals surface area contributed by atoms with E-state index in [1.807, 2.05) is 0 Å². The lowest BCUT2D eigenvalue weighted by molar-refractivity contribution is 0.341. The van der Waals surface area contributed by atoms with E-state index in [9.17, 15) is 8.78 Å². The molecule has 0 aliphatic rings. The number of halogens is 2. The lowest BCUT2D eigenvalue weighted by atomic mass is 10.1. The maximum Gasteiger partial charge on any atom is 0.134 e. The van der Waals surface area contributed by atoms with Gasteiger partial charge >= 0.3 is 0 Å². The minimum absolute atomic E-state index is 0.0467. The second-order valence-corrected chi connectivity index (χ2v) is 2.50. The summed E-state index contributed by atoms with van der Waals surface area (Å²) in [7, 11) is 1.37. The van der Waals surface area contributed by atoms with Crippen LogP contribution in [0.25, 0.3) is 6.08 Å². The molecule has 1 aromatic carbocycles. The van der Waals surface area contributed by atoms with Crippen molar-refractivity contribution in [2.24, 2.45) is 0 Å². The molecular weight excluding hydrogens is 188 g/mol. The molecule has 0 radical (unpaired) electrons. The van der Waals surface area contributed by atoms with E-state index in [-0.39, 0.29) is 11.1 Å². The number of hydrogen-bond acceptors (Lipinski definition) is 2. The smallest absolute Gasteiger partial charge is 0.134 e. The highest BCUT2D eigenvalue weighted by Gasteiger charge is 2.08. The number of benzene rings is 1. The molecule has 0 heterocycles. The SMILES string of the molecule is CO/C=C/c1c(F)cc(C#N)cc1F. The number of methoxy groups -OCH3 is 1. The van der Waals surface area contributed by atoms with Crippen LogP contribution in [0.1, 0.15) is 11.1 Å². The van der Waals surface area contributed by atoms with Gasteiger partial charge in [-0.2, -0.15) is 5.26 Å². The van der Waals surface area contributed by atoms with E-state index in [1.54, 1.807) is 6.07 Å². The molecule has 0 N–H and O–H groups in total. The van der Waals surface area contributed by atoms with E-state index in [2.05, 4.69) is 4.74 Å². The largest absolute Gasteiger partial charge is 0.504 e. The van der Waals surface area contributed by atoms with Crippen molar-refractivity contribution in [3.63, 3.8) is 0 Å². The first-order chi connectivity index (χ1) is 6.69. The van der Waals surface area contributed by atoms with Crippen LogP contribution in [0, 0.1) is 23.0 Å². The molecule has 72 valence electrons.